The first-order valence-electron chi connectivity index (χ1n) is 6.37. The van der Waals surface area contributed by atoms with Crippen LogP contribution in [0.1, 0.15) is 53.4 Å². The van der Waals surface area contributed by atoms with E-state index in [4.69, 9.17) is 0 Å². The van der Waals surface area contributed by atoms with Gasteiger partial charge in [0, 0.05) is 19.1 Å². The monoisotopic (exact) mass is 197 g/mol. The molecule has 0 aromatic carbocycles. The minimum Gasteiger partial charge on any atom is -0.300 e. The molecule has 0 heterocycles. The fourth-order valence-electron chi connectivity index (χ4n) is 2.17. The maximum atomic E-state index is 2.70. The van der Waals surface area contributed by atoms with Gasteiger partial charge in [-0.1, -0.05) is 27.2 Å². The molecule has 0 radical (unpaired) electrons. The second-order valence-electron chi connectivity index (χ2n) is 5.40. The summed E-state index contributed by atoms with van der Waals surface area (Å²) in [4.78, 5) is 2.70. The summed E-state index contributed by atoms with van der Waals surface area (Å²) >= 11 is 0. The van der Waals surface area contributed by atoms with Crippen molar-refractivity contribution in [2.24, 2.45) is 11.8 Å². The van der Waals surface area contributed by atoms with E-state index < -0.39 is 0 Å². The van der Waals surface area contributed by atoms with Gasteiger partial charge < -0.3 is 4.90 Å². The van der Waals surface area contributed by atoms with Crippen molar-refractivity contribution >= 4 is 0 Å². The van der Waals surface area contributed by atoms with Crippen molar-refractivity contribution in [3.63, 3.8) is 0 Å². The molecule has 0 aromatic rings. The predicted octanol–water partition coefficient (Wildman–Crippen LogP) is 3.54. The van der Waals surface area contributed by atoms with Crippen LogP contribution < -0.4 is 0 Å². The van der Waals surface area contributed by atoms with Crippen LogP contribution in [0.2, 0.25) is 0 Å². The largest absolute Gasteiger partial charge is 0.300 e. The van der Waals surface area contributed by atoms with Crippen molar-refractivity contribution in [1.82, 2.24) is 4.90 Å². The van der Waals surface area contributed by atoms with Crippen LogP contribution in [0.3, 0.4) is 0 Å². The molecule has 1 heteroatoms. The standard InChI is InChI=1S/C13H27N/c1-5-12(4)14(9-11(2)3)10-13-7-6-8-13/h11-13H,5-10H2,1-4H3. The van der Waals surface area contributed by atoms with E-state index in [0.717, 1.165) is 17.9 Å². The maximum Gasteiger partial charge on any atom is 0.00645 e. The molecule has 0 amide bonds. The van der Waals surface area contributed by atoms with Gasteiger partial charge in [-0.2, -0.15) is 0 Å². The molecule has 1 rings (SSSR count). The molecule has 0 N–H and O–H groups in total. The van der Waals surface area contributed by atoms with E-state index in [9.17, 15) is 0 Å². The zero-order valence-corrected chi connectivity index (χ0v) is 10.4. The van der Waals surface area contributed by atoms with Gasteiger partial charge >= 0.3 is 0 Å². The van der Waals surface area contributed by atoms with Crippen LogP contribution in [-0.4, -0.2) is 24.0 Å². The first-order chi connectivity index (χ1) is 6.63. The number of rotatable bonds is 6. The Morgan fingerprint density at radius 2 is 1.86 bits per heavy atom. The van der Waals surface area contributed by atoms with Crippen LogP contribution in [0.5, 0.6) is 0 Å². The van der Waals surface area contributed by atoms with Crippen molar-refractivity contribution in [1.29, 1.82) is 0 Å². The summed E-state index contributed by atoms with van der Waals surface area (Å²) in [7, 11) is 0. The molecule has 0 spiro atoms. The second kappa shape index (κ2) is 5.75. The van der Waals surface area contributed by atoms with Crippen molar-refractivity contribution in [2.75, 3.05) is 13.1 Å². The predicted molar refractivity (Wildman–Crippen MR) is 63.5 cm³/mol. The van der Waals surface area contributed by atoms with Crippen molar-refractivity contribution in [3.05, 3.63) is 0 Å². The Morgan fingerprint density at radius 1 is 1.21 bits per heavy atom. The van der Waals surface area contributed by atoms with E-state index in [2.05, 4.69) is 32.6 Å². The number of hydrogen-bond acceptors (Lipinski definition) is 1. The minimum absolute atomic E-state index is 0.776. The Bertz CT molecular complexity index is 149. The van der Waals surface area contributed by atoms with Crippen LogP contribution in [0.4, 0.5) is 0 Å². The smallest absolute Gasteiger partial charge is 0.00645 e. The summed E-state index contributed by atoms with van der Waals surface area (Å²) in [5.41, 5.74) is 0. The minimum atomic E-state index is 0.776. The zero-order valence-electron chi connectivity index (χ0n) is 10.4. The van der Waals surface area contributed by atoms with Crippen LogP contribution in [0.15, 0.2) is 0 Å². The molecule has 1 fully saturated rings. The highest BCUT2D eigenvalue weighted by Crippen LogP contribution is 2.28. The van der Waals surface area contributed by atoms with E-state index in [-0.39, 0.29) is 0 Å². The van der Waals surface area contributed by atoms with Crippen molar-refractivity contribution < 1.29 is 0 Å². The molecule has 1 nitrogen and oxygen atoms in total. The molecule has 1 atom stereocenters. The highest BCUT2D eigenvalue weighted by molar-refractivity contribution is 4.77. The number of hydrogen-bond donors (Lipinski definition) is 0. The normalized spacial score (nSPS) is 20.1. The molecular formula is C13H27N. The average molecular weight is 197 g/mol. The molecule has 0 bridgehead atoms. The molecule has 1 aliphatic rings. The van der Waals surface area contributed by atoms with Gasteiger partial charge in [-0.3, -0.25) is 0 Å². The molecule has 0 aromatic heterocycles. The lowest BCUT2D eigenvalue weighted by Crippen LogP contribution is -2.40. The average Bonchev–Trinajstić information content (AvgIpc) is 2.07. The molecule has 14 heavy (non-hydrogen) atoms. The molecule has 84 valence electrons. The lowest BCUT2D eigenvalue weighted by molar-refractivity contribution is 0.123. The third-order valence-corrected chi connectivity index (χ3v) is 3.53. The quantitative estimate of drug-likeness (QED) is 0.629. The lowest BCUT2D eigenvalue weighted by Gasteiger charge is -2.36. The van der Waals surface area contributed by atoms with E-state index >= 15 is 0 Å². The van der Waals surface area contributed by atoms with Crippen LogP contribution in [-0.2, 0) is 0 Å². The van der Waals surface area contributed by atoms with Gasteiger partial charge in [0.2, 0.25) is 0 Å². The van der Waals surface area contributed by atoms with E-state index in [1.807, 2.05) is 0 Å². The Kier molecular flexibility index (Phi) is 4.94. The van der Waals surface area contributed by atoms with Crippen LogP contribution >= 0.6 is 0 Å². The van der Waals surface area contributed by atoms with Gasteiger partial charge in [0.1, 0.15) is 0 Å². The Balaban J connectivity index is 2.34. The highest BCUT2D eigenvalue weighted by atomic mass is 15.2. The van der Waals surface area contributed by atoms with E-state index in [0.29, 0.717) is 0 Å². The van der Waals surface area contributed by atoms with Crippen LogP contribution in [0.25, 0.3) is 0 Å². The number of nitrogens with zero attached hydrogens (tertiary/aromatic N) is 1. The van der Waals surface area contributed by atoms with Crippen LogP contribution in [0, 0.1) is 11.8 Å². The lowest BCUT2D eigenvalue weighted by atomic mass is 9.84. The van der Waals surface area contributed by atoms with E-state index in [1.165, 1.54) is 38.8 Å². The molecule has 1 saturated carbocycles. The first kappa shape index (κ1) is 12.0. The first-order valence-corrected chi connectivity index (χ1v) is 6.37. The fraction of sp³-hybridized carbons (Fsp3) is 1.00. The highest BCUT2D eigenvalue weighted by Gasteiger charge is 2.23. The van der Waals surface area contributed by atoms with Gasteiger partial charge in [0.15, 0.2) is 0 Å². The summed E-state index contributed by atoms with van der Waals surface area (Å²) in [5, 5.41) is 0. The third kappa shape index (κ3) is 3.61. The van der Waals surface area contributed by atoms with Gasteiger partial charge in [0.25, 0.3) is 0 Å². The topological polar surface area (TPSA) is 3.24 Å². The zero-order chi connectivity index (χ0) is 10.6. The van der Waals surface area contributed by atoms with Crippen molar-refractivity contribution in [2.45, 2.75) is 59.4 Å². The Labute approximate surface area is 89.9 Å². The Morgan fingerprint density at radius 3 is 2.21 bits per heavy atom. The van der Waals surface area contributed by atoms with E-state index in [1.54, 1.807) is 0 Å². The Hall–Kier alpha value is -0.0400. The van der Waals surface area contributed by atoms with Gasteiger partial charge in [-0.05, 0) is 38.0 Å². The molecule has 1 aliphatic carbocycles. The molecule has 0 saturated heterocycles. The molecule has 0 aliphatic heterocycles. The summed E-state index contributed by atoms with van der Waals surface area (Å²) < 4.78 is 0. The SMILES string of the molecule is CCC(C)N(CC(C)C)CC1CCC1. The summed E-state index contributed by atoms with van der Waals surface area (Å²) in [6.07, 6.45) is 5.72. The molecule has 1 unspecified atom stereocenters. The molecular weight excluding hydrogens is 170 g/mol. The second-order valence-corrected chi connectivity index (χ2v) is 5.40. The summed E-state index contributed by atoms with van der Waals surface area (Å²) in [6, 6.07) is 0.776. The summed E-state index contributed by atoms with van der Waals surface area (Å²) in [6.45, 7) is 12.0. The third-order valence-electron chi connectivity index (χ3n) is 3.53. The van der Waals surface area contributed by atoms with Crippen molar-refractivity contribution in [3.8, 4) is 0 Å². The maximum absolute atomic E-state index is 2.70. The van der Waals surface area contributed by atoms with Gasteiger partial charge in [-0.25, -0.2) is 0 Å². The van der Waals surface area contributed by atoms with Gasteiger partial charge in [-0.15, -0.1) is 0 Å². The fourth-order valence-corrected chi connectivity index (χ4v) is 2.17. The summed E-state index contributed by atoms with van der Waals surface area (Å²) in [5.74, 6) is 1.83. The van der Waals surface area contributed by atoms with Gasteiger partial charge in [0.05, 0.1) is 0 Å².